The third-order valence-corrected chi connectivity index (χ3v) is 3.19. The maximum Gasteiger partial charge on any atom is 0.416 e. The number of nitro benzene ring substituents is 1. The Morgan fingerprint density at radius 3 is 2.60 bits per heavy atom. The van der Waals surface area contributed by atoms with E-state index < -0.39 is 22.4 Å². The molecule has 1 heterocycles. The average molecular weight is 304 g/mol. The number of nitro groups is 1. The van der Waals surface area contributed by atoms with Crippen molar-refractivity contribution in [3.63, 3.8) is 0 Å². The number of alkyl halides is 3. The van der Waals surface area contributed by atoms with Crippen LogP contribution in [0.3, 0.4) is 0 Å². The molecule has 0 aliphatic carbocycles. The van der Waals surface area contributed by atoms with Crippen LogP contribution in [-0.4, -0.2) is 20.1 Å². The molecule has 0 aliphatic heterocycles. The summed E-state index contributed by atoms with van der Waals surface area (Å²) in [6.07, 6.45) is -4.63. The molecule has 1 aromatic carbocycles. The van der Waals surface area contributed by atoms with Gasteiger partial charge < -0.3 is 0 Å². The van der Waals surface area contributed by atoms with Crippen LogP contribution in [0.15, 0.2) is 28.3 Å². The number of aromatic nitrogens is 3. The predicted octanol–water partition coefficient (Wildman–Crippen LogP) is 3.19. The summed E-state index contributed by atoms with van der Waals surface area (Å²) in [6.45, 7) is 1.64. The molecule has 0 radical (unpaired) electrons. The molecular formula is C10H7F3N4O2S. The summed E-state index contributed by atoms with van der Waals surface area (Å²) in [4.78, 5) is 14.0. The first-order valence-electron chi connectivity index (χ1n) is 5.20. The number of hydrogen-bond acceptors (Lipinski definition) is 5. The molecule has 0 atom stereocenters. The number of benzene rings is 1. The summed E-state index contributed by atoms with van der Waals surface area (Å²) >= 11 is 0.820. The summed E-state index contributed by atoms with van der Waals surface area (Å²) in [7, 11) is 0. The molecule has 0 bridgehead atoms. The van der Waals surface area contributed by atoms with E-state index in [0.717, 1.165) is 23.9 Å². The smallest absolute Gasteiger partial charge is 0.262 e. The van der Waals surface area contributed by atoms with E-state index in [4.69, 9.17) is 0 Å². The van der Waals surface area contributed by atoms with Gasteiger partial charge in [-0.15, -0.1) is 5.10 Å². The molecule has 106 valence electrons. The zero-order chi connectivity index (χ0) is 14.9. The fourth-order valence-electron chi connectivity index (χ4n) is 1.39. The Bertz CT molecular complexity index is 656. The molecule has 0 amide bonds. The first-order chi connectivity index (χ1) is 9.27. The van der Waals surface area contributed by atoms with Gasteiger partial charge in [0.25, 0.3) is 5.69 Å². The van der Waals surface area contributed by atoms with Crippen molar-refractivity contribution >= 4 is 17.4 Å². The summed E-state index contributed by atoms with van der Waals surface area (Å²) in [5, 5.41) is 17.4. The van der Waals surface area contributed by atoms with E-state index in [1.54, 1.807) is 6.92 Å². The van der Waals surface area contributed by atoms with Crippen LogP contribution >= 0.6 is 11.8 Å². The summed E-state index contributed by atoms with van der Waals surface area (Å²) in [5.74, 6) is 0.502. The van der Waals surface area contributed by atoms with E-state index in [1.807, 2.05) is 0 Å². The van der Waals surface area contributed by atoms with E-state index in [-0.39, 0.29) is 10.1 Å². The molecule has 6 nitrogen and oxygen atoms in total. The predicted molar refractivity (Wildman–Crippen MR) is 63.3 cm³/mol. The minimum atomic E-state index is -4.63. The van der Waals surface area contributed by atoms with Gasteiger partial charge in [0.2, 0.25) is 5.16 Å². The van der Waals surface area contributed by atoms with Crippen LogP contribution in [0.4, 0.5) is 18.9 Å². The first kappa shape index (κ1) is 14.3. The van der Waals surface area contributed by atoms with Crippen LogP contribution in [0.5, 0.6) is 0 Å². The topological polar surface area (TPSA) is 84.7 Å². The Labute approximate surface area is 114 Å². The van der Waals surface area contributed by atoms with Gasteiger partial charge in [0.1, 0.15) is 5.82 Å². The SMILES string of the molecule is Cc1nc(Sc2ccc(C(F)(F)F)cc2[N+](=O)[O-])n[nH]1. The molecule has 0 saturated heterocycles. The lowest BCUT2D eigenvalue weighted by atomic mass is 10.2. The Balaban J connectivity index is 2.40. The molecule has 0 saturated carbocycles. The molecule has 1 N–H and O–H groups in total. The molecule has 2 aromatic rings. The van der Waals surface area contributed by atoms with Gasteiger partial charge >= 0.3 is 6.18 Å². The van der Waals surface area contributed by atoms with E-state index in [2.05, 4.69) is 15.2 Å². The number of halogens is 3. The van der Waals surface area contributed by atoms with Crippen molar-refractivity contribution in [3.8, 4) is 0 Å². The molecule has 2 rings (SSSR count). The lowest BCUT2D eigenvalue weighted by Gasteiger charge is -2.07. The molecule has 0 aliphatic rings. The highest BCUT2D eigenvalue weighted by Gasteiger charge is 2.33. The molecule has 0 spiro atoms. The van der Waals surface area contributed by atoms with Gasteiger partial charge in [0.05, 0.1) is 15.4 Å². The van der Waals surface area contributed by atoms with Gasteiger partial charge in [-0.1, -0.05) is 0 Å². The highest BCUT2D eigenvalue weighted by molar-refractivity contribution is 7.99. The van der Waals surface area contributed by atoms with Crippen LogP contribution in [-0.2, 0) is 6.18 Å². The van der Waals surface area contributed by atoms with Crippen LogP contribution in [0.2, 0.25) is 0 Å². The fraction of sp³-hybridized carbons (Fsp3) is 0.200. The summed E-state index contributed by atoms with van der Waals surface area (Å²) < 4.78 is 37.6. The normalized spacial score (nSPS) is 11.6. The van der Waals surface area contributed by atoms with Crippen LogP contribution in [0.25, 0.3) is 0 Å². The summed E-state index contributed by atoms with van der Waals surface area (Å²) in [5.41, 5.74) is -1.70. The van der Waals surface area contributed by atoms with Crippen molar-refractivity contribution in [3.05, 3.63) is 39.7 Å². The third kappa shape index (κ3) is 3.07. The Hall–Kier alpha value is -2.10. The van der Waals surface area contributed by atoms with Crippen molar-refractivity contribution in [2.24, 2.45) is 0 Å². The second-order valence-corrected chi connectivity index (χ2v) is 4.75. The highest BCUT2D eigenvalue weighted by atomic mass is 32.2. The number of rotatable bonds is 3. The van der Waals surface area contributed by atoms with Crippen molar-refractivity contribution in [1.82, 2.24) is 15.2 Å². The van der Waals surface area contributed by atoms with Crippen LogP contribution < -0.4 is 0 Å². The summed E-state index contributed by atoms with van der Waals surface area (Å²) in [6, 6.07) is 2.33. The molecular weight excluding hydrogens is 297 g/mol. The zero-order valence-electron chi connectivity index (χ0n) is 9.93. The molecule has 1 aromatic heterocycles. The Morgan fingerprint density at radius 1 is 1.40 bits per heavy atom. The quantitative estimate of drug-likeness (QED) is 0.695. The number of aryl methyl sites for hydroxylation is 1. The van der Waals surface area contributed by atoms with Gasteiger partial charge in [-0.2, -0.15) is 13.2 Å². The third-order valence-electron chi connectivity index (χ3n) is 2.26. The second kappa shape index (κ2) is 5.12. The highest BCUT2D eigenvalue weighted by Crippen LogP contribution is 2.38. The lowest BCUT2D eigenvalue weighted by molar-refractivity contribution is -0.388. The standard InChI is InChI=1S/C10H7F3N4O2S/c1-5-14-9(16-15-5)20-8-3-2-6(10(11,12)13)4-7(8)17(18)19/h2-4H,1H3,(H,14,15,16). The zero-order valence-corrected chi connectivity index (χ0v) is 10.7. The molecule has 0 unspecified atom stereocenters. The number of aromatic amines is 1. The molecule has 10 heteroatoms. The number of hydrogen-bond donors (Lipinski definition) is 1. The Kier molecular flexibility index (Phi) is 3.66. The van der Waals surface area contributed by atoms with Crippen molar-refractivity contribution in [1.29, 1.82) is 0 Å². The maximum absolute atomic E-state index is 12.5. The van der Waals surface area contributed by atoms with Crippen LogP contribution in [0.1, 0.15) is 11.4 Å². The number of nitrogens with one attached hydrogen (secondary N) is 1. The van der Waals surface area contributed by atoms with Gasteiger partial charge in [-0.3, -0.25) is 15.2 Å². The van der Waals surface area contributed by atoms with Gasteiger partial charge in [0, 0.05) is 6.07 Å². The van der Waals surface area contributed by atoms with Crippen LogP contribution in [0, 0.1) is 17.0 Å². The minimum Gasteiger partial charge on any atom is -0.262 e. The second-order valence-electron chi connectivity index (χ2n) is 3.74. The van der Waals surface area contributed by atoms with Crippen molar-refractivity contribution < 1.29 is 18.1 Å². The fourth-order valence-corrected chi connectivity index (χ4v) is 2.23. The van der Waals surface area contributed by atoms with Gasteiger partial charge in [0.15, 0.2) is 0 Å². The van der Waals surface area contributed by atoms with E-state index in [0.29, 0.717) is 11.9 Å². The monoisotopic (exact) mass is 304 g/mol. The Morgan fingerprint density at radius 2 is 2.10 bits per heavy atom. The minimum absolute atomic E-state index is 0.0435. The average Bonchev–Trinajstić information content (AvgIpc) is 2.73. The lowest BCUT2D eigenvalue weighted by Crippen LogP contribution is -2.05. The maximum atomic E-state index is 12.5. The van der Waals surface area contributed by atoms with E-state index >= 15 is 0 Å². The van der Waals surface area contributed by atoms with Gasteiger partial charge in [-0.05, 0) is 30.8 Å². The van der Waals surface area contributed by atoms with E-state index in [1.165, 1.54) is 0 Å². The molecule has 20 heavy (non-hydrogen) atoms. The van der Waals surface area contributed by atoms with Gasteiger partial charge in [-0.25, -0.2) is 4.98 Å². The first-order valence-corrected chi connectivity index (χ1v) is 6.01. The molecule has 0 fully saturated rings. The van der Waals surface area contributed by atoms with Crippen molar-refractivity contribution in [2.75, 3.05) is 0 Å². The van der Waals surface area contributed by atoms with E-state index in [9.17, 15) is 23.3 Å². The largest absolute Gasteiger partial charge is 0.416 e. The van der Waals surface area contributed by atoms with Crippen molar-refractivity contribution in [2.45, 2.75) is 23.2 Å². The number of H-pyrrole nitrogens is 1. The number of nitrogens with zero attached hydrogens (tertiary/aromatic N) is 3.